The van der Waals surface area contributed by atoms with Gasteiger partial charge in [-0.05, 0) is 22.6 Å². The summed E-state index contributed by atoms with van der Waals surface area (Å²) in [5, 5.41) is -0.353. The molecule has 0 bridgehead atoms. The first-order valence-electron chi connectivity index (χ1n) is 2.81. The third kappa shape index (κ3) is 1.82. The molecule has 0 aliphatic heterocycles. The lowest BCUT2D eigenvalue weighted by atomic mass is 10.3. The maximum atomic E-state index is 12.5. The summed E-state index contributed by atoms with van der Waals surface area (Å²) < 4.78 is 36.8. The minimum absolute atomic E-state index is 0.0109. The molecule has 0 fully saturated rings. The van der Waals surface area contributed by atoms with E-state index in [0.717, 1.165) is 6.20 Å². The third-order valence-electron chi connectivity index (χ3n) is 1.18. The van der Waals surface area contributed by atoms with E-state index in [4.69, 9.17) is 11.6 Å². The molecule has 0 unspecified atom stereocenters. The van der Waals surface area contributed by atoms with Crippen molar-refractivity contribution in [3.05, 3.63) is 26.3 Å². The Kier molecular flexibility index (Phi) is 3.16. The number of alkyl halides is 2. The Balaban J connectivity index is 3.27. The van der Waals surface area contributed by atoms with Gasteiger partial charge in [0.2, 0.25) is 5.95 Å². The average Bonchev–Trinajstić information content (AvgIpc) is 2.00. The normalized spacial score (nSPS) is 10.8. The highest BCUT2D eigenvalue weighted by Crippen LogP contribution is 2.29. The monoisotopic (exact) mass is 307 g/mol. The molecule has 0 radical (unpaired) electrons. The van der Waals surface area contributed by atoms with Crippen LogP contribution in [0, 0.1) is 9.52 Å². The molecule has 1 heterocycles. The Hall–Kier alpha value is -0.0400. The van der Waals surface area contributed by atoms with Gasteiger partial charge in [0.25, 0.3) is 6.43 Å². The lowest BCUT2D eigenvalue weighted by Crippen LogP contribution is -1.95. The molecular weight excluding hydrogens is 305 g/mol. The molecule has 1 rings (SSSR count). The Morgan fingerprint density at radius 3 is 2.58 bits per heavy atom. The predicted octanol–water partition coefficient (Wildman–Crippen LogP) is 3.42. The van der Waals surface area contributed by atoms with Crippen LogP contribution in [0.25, 0.3) is 0 Å². The summed E-state index contributed by atoms with van der Waals surface area (Å²) >= 11 is 6.90. The first-order valence-corrected chi connectivity index (χ1v) is 4.27. The molecule has 0 aromatic carbocycles. The highest BCUT2D eigenvalue weighted by atomic mass is 127. The van der Waals surface area contributed by atoms with Crippen LogP contribution < -0.4 is 0 Å². The van der Waals surface area contributed by atoms with Crippen molar-refractivity contribution in [1.29, 1.82) is 0 Å². The number of nitrogens with zero attached hydrogens (tertiary/aromatic N) is 1. The van der Waals surface area contributed by atoms with Crippen LogP contribution in [0.1, 0.15) is 12.0 Å². The summed E-state index contributed by atoms with van der Waals surface area (Å²) in [6, 6.07) is 0. The van der Waals surface area contributed by atoms with Crippen molar-refractivity contribution in [2.75, 3.05) is 0 Å². The number of rotatable bonds is 1. The van der Waals surface area contributed by atoms with Crippen LogP contribution in [0.5, 0.6) is 0 Å². The largest absolute Gasteiger partial charge is 0.266 e. The third-order valence-corrected chi connectivity index (χ3v) is 3.01. The van der Waals surface area contributed by atoms with Crippen molar-refractivity contribution in [3.8, 4) is 0 Å². The smallest absolute Gasteiger partial charge is 0.226 e. The molecule has 0 aliphatic carbocycles. The van der Waals surface area contributed by atoms with Crippen LogP contribution in [-0.4, -0.2) is 4.98 Å². The van der Waals surface area contributed by atoms with Gasteiger partial charge in [0.1, 0.15) is 5.02 Å². The molecule has 12 heavy (non-hydrogen) atoms. The molecule has 0 saturated carbocycles. The highest BCUT2D eigenvalue weighted by Gasteiger charge is 2.17. The topological polar surface area (TPSA) is 12.9 Å². The molecule has 0 amide bonds. The van der Waals surface area contributed by atoms with Crippen molar-refractivity contribution in [2.45, 2.75) is 6.43 Å². The van der Waals surface area contributed by atoms with Gasteiger partial charge in [-0.1, -0.05) is 11.6 Å². The zero-order valence-corrected chi connectivity index (χ0v) is 8.41. The maximum absolute atomic E-state index is 12.5. The van der Waals surface area contributed by atoms with Crippen molar-refractivity contribution in [1.82, 2.24) is 4.98 Å². The number of aromatic nitrogens is 1. The zero-order chi connectivity index (χ0) is 9.30. The molecule has 0 saturated heterocycles. The van der Waals surface area contributed by atoms with E-state index in [-0.39, 0.29) is 14.2 Å². The van der Waals surface area contributed by atoms with Crippen molar-refractivity contribution in [3.63, 3.8) is 0 Å². The molecule has 0 spiro atoms. The molecule has 1 aromatic rings. The van der Waals surface area contributed by atoms with E-state index < -0.39 is 12.4 Å². The van der Waals surface area contributed by atoms with Gasteiger partial charge in [0, 0.05) is 9.77 Å². The number of hydrogen-bond donors (Lipinski definition) is 0. The van der Waals surface area contributed by atoms with Gasteiger partial charge in [0.15, 0.2) is 0 Å². The van der Waals surface area contributed by atoms with Gasteiger partial charge in [0.05, 0.1) is 5.56 Å². The van der Waals surface area contributed by atoms with Crippen LogP contribution in [0.4, 0.5) is 13.2 Å². The van der Waals surface area contributed by atoms with E-state index in [0.29, 0.717) is 0 Å². The Morgan fingerprint density at radius 2 is 2.08 bits per heavy atom. The van der Waals surface area contributed by atoms with E-state index in [1.54, 1.807) is 22.6 Å². The Labute approximate surface area is 85.1 Å². The van der Waals surface area contributed by atoms with Gasteiger partial charge in [-0.2, -0.15) is 4.39 Å². The zero-order valence-electron chi connectivity index (χ0n) is 5.49. The van der Waals surface area contributed by atoms with Gasteiger partial charge >= 0.3 is 0 Å². The first kappa shape index (κ1) is 10.0. The molecule has 0 atom stereocenters. The second-order valence-electron chi connectivity index (χ2n) is 1.93. The standard InChI is InChI=1S/C6H2ClF3IN/c7-3-4(11)2(5(8)9)1-12-6(3)10/h1,5H. The van der Waals surface area contributed by atoms with Gasteiger partial charge in [-0.15, -0.1) is 0 Å². The molecule has 1 aromatic heterocycles. The fourth-order valence-corrected chi connectivity index (χ4v) is 1.36. The molecule has 1 nitrogen and oxygen atoms in total. The maximum Gasteiger partial charge on any atom is 0.266 e. The molecule has 6 heteroatoms. The van der Waals surface area contributed by atoms with Crippen LogP contribution in [-0.2, 0) is 0 Å². The summed E-state index contributed by atoms with van der Waals surface area (Å²) in [6.45, 7) is 0. The molecule has 0 aliphatic rings. The van der Waals surface area contributed by atoms with E-state index in [9.17, 15) is 13.2 Å². The SMILES string of the molecule is Fc1ncc(C(F)F)c(I)c1Cl. The van der Waals surface area contributed by atoms with Crippen LogP contribution in [0.2, 0.25) is 5.02 Å². The minimum atomic E-state index is -2.68. The van der Waals surface area contributed by atoms with Crippen molar-refractivity contribution >= 4 is 34.2 Å². The highest BCUT2D eigenvalue weighted by molar-refractivity contribution is 14.1. The first-order chi connectivity index (χ1) is 5.54. The van der Waals surface area contributed by atoms with E-state index in [1.165, 1.54) is 0 Å². The van der Waals surface area contributed by atoms with Gasteiger partial charge < -0.3 is 0 Å². The summed E-state index contributed by atoms with van der Waals surface area (Å²) in [5.41, 5.74) is -0.345. The summed E-state index contributed by atoms with van der Waals surface area (Å²) in [4.78, 5) is 3.08. The lowest BCUT2D eigenvalue weighted by Gasteiger charge is -2.03. The minimum Gasteiger partial charge on any atom is -0.226 e. The summed E-state index contributed by atoms with van der Waals surface area (Å²) in [5.74, 6) is -0.925. The van der Waals surface area contributed by atoms with Crippen LogP contribution in [0.3, 0.4) is 0 Å². The average molecular weight is 307 g/mol. The summed E-state index contributed by atoms with van der Waals surface area (Å²) in [6.07, 6.45) is -1.89. The van der Waals surface area contributed by atoms with E-state index in [1.807, 2.05) is 0 Å². The summed E-state index contributed by atoms with van der Waals surface area (Å²) in [7, 11) is 0. The second kappa shape index (κ2) is 3.78. The molecular formula is C6H2ClF3IN. The number of halogens is 5. The number of pyridine rings is 1. The molecule has 0 N–H and O–H groups in total. The van der Waals surface area contributed by atoms with Crippen molar-refractivity contribution in [2.24, 2.45) is 0 Å². The van der Waals surface area contributed by atoms with Crippen LogP contribution >= 0.6 is 34.2 Å². The Morgan fingerprint density at radius 1 is 1.50 bits per heavy atom. The van der Waals surface area contributed by atoms with E-state index in [2.05, 4.69) is 4.98 Å². The van der Waals surface area contributed by atoms with Crippen LogP contribution in [0.15, 0.2) is 6.20 Å². The second-order valence-corrected chi connectivity index (χ2v) is 3.39. The Bertz CT molecular complexity index is 305. The lowest BCUT2D eigenvalue weighted by molar-refractivity contribution is 0.149. The van der Waals surface area contributed by atoms with Gasteiger partial charge in [-0.25, -0.2) is 13.8 Å². The van der Waals surface area contributed by atoms with Gasteiger partial charge in [-0.3, -0.25) is 0 Å². The predicted molar refractivity (Wildman–Crippen MR) is 46.9 cm³/mol. The fourth-order valence-electron chi connectivity index (χ4n) is 0.609. The fraction of sp³-hybridized carbons (Fsp3) is 0.167. The molecule has 66 valence electrons. The quantitative estimate of drug-likeness (QED) is 0.572. The van der Waals surface area contributed by atoms with E-state index >= 15 is 0 Å². The number of hydrogen-bond acceptors (Lipinski definition) is 1. The van der Waals surface area contributed by atoms with Crippen molar-refractivity contribution < 1.29 is 13.2 Å².